The van der Waals surface area contributed by atoms with Crippen LogP contribution in [0.5, 0.6) is 0 Å². The van der Waals surface area contributed by atoms with E-state index >= 15 is 0 Å². The number of nitrogens with zero attached hydrogens (tertiary/aromatic N) is 1. The first-order valence-corrected chi connectivity index (χ1v) is 1.60. The van der Waals surface area contributed by atoms with Crippen LogP contribution in [0.2, 0.25) is 0 Å². The molecule has 30 valence electrons. The SMILES string of the molecule is O=C=CN1C=C1. The molecule has 0 fully saturated rings. The lowest BCUT2D eigenvalue weighted by Gasteiger charge is -1.77. The van der Waals surface area contributed by atoms with Gasteiger partial charge in [0.25, 0.3) is 0 Å². The predicted octanol–water partition coefficient (Wildman–Crippen LogP) is 0.119. The van der Waals surface area contributed by atoms with E-state index in [9.17, 15) is 4.79 Å². The van der Waals surface area contributed by atoms with Crippen LogP contribution in [0.3, 0.4) is 0 Å². The van der Waals surface area contributed by atoms with Crippen LogP contribution in [-0.4, -0.2) is 10.8 Å². The van der Waals surface area contributed by atoms with E-state index < -0.39 is 0 Å². The summed E-state index contributed by atoms with van der Waals surface area (Å²) in [5, 5.41) is 0. The number of hydrogen-bond acceptors (Lipinski definition) is 2. The van der Waals surface area contributed by atoms with Crippen molar-refractivity contribution in [2.45, 2.75) is 0 Å². The minimum atomic E-state index is 1.32. The van der Waals surface area contributed by atoms with Crippen LogP contribution in [0.25, 0.3) is 0 Å². The van der Waals surface area contributed by atoms with Crippen molar-refractivity contribution in [3.8, 4) is 0 Å². The summed E-state index contributed by atoms with van der Waals surface area (Å²) < 4.78 is 0. The molecule has 2 heteroatoms. The molecule has 0 spiro atoms. The van der Waals surface area contributed by atoms with Crippen LogP contribution in [0.15, 0.2) is 18.6 Å². The van der Waals surface area contributed by atoms with Crippen LogP contribution >= 0.6 is 0 Å². The average molecular weight is 81.1 g/mol. The van der Waals surface area contributed by atoms with Crippen molar-refractivity contribution in [2.24, 2.45) is 0 Å². The third-order valence-corrected chi connectivity index (χ3v) is 0.523. The summed E-state index contributed by atoms with van der Waals surface area (Å²) >= 11 is 0. The molecule has 0 amide bonds. The average Bonchev–Trinajstić information content (AvgIpc) is 2.21. The largest absolute Gasteiger partial charge is 0.318 e. The van der Waals surface area contributed by atoms with E-state index in [1.165, 1.54) is 6.20 Å². The third kappa shape index (κ3) is 0.476. The third-order valence-electron chi connectivity index (χ3n) is 0.523. The maximum Gasteiger partial charge on any atom is 0.142 e. The van der Waals surface area contributed by atoms with Crippen molar-refractivity contribution < 1.29 is 4.79 Å². The lowest BCUT2D eigenvalue weighted by Crippen LogP contribution is -1.76. The fourth-order valence-electron chi connectivity index (χ4n) is 0.185. The molecule has 0 saturated carbocycles. The molecule has 6 heavy (non-hydrogen) atoms. The second-order valence-corrected chi connectivity index (χ2v) is 0.992. The quantitative estimate of drug-likeness (QED) is 0.418. The standard InChI is InChI=1S/C4H3NO/c6-4-3-5-1-2-5/h1-3H. The first-order valence-electron chi connectivity index (χ1n) is 1.60. The summed E-state index contributed by atoms with van der Waals surface area (Å²) in [5.41, 5.74) is 0. The molecule has 1 aliphatic heterocycles. The zero-order valence-corrected chi connectivity index (χ0v) is 3.09. The van der Waals surface area contributed by atoms with Crippen LogP contribution in [0.1, 0.15) is 0 Å². The van der Waals surface area contributed by atoms with Crippen molar-refractivity contribution in [1.82, 2.24) is 4.90 Å². The summed E-state index contributed by atoms with van der Waals surface area (Å²) in [6.45, 7) is 0. The summed E-state index contributed by atoms with van der Waals surface area (Å²) in [6.07, 6.45) is 4.86. The highest BCUT2D eigenvalue weighted by Crippen LogP contribution is 2.02. The van der Waals surface area contributed by atoms with Crippen LogP contribution in [0, 0.1) is 0 Å². The second-order valence-electron chi connectivity index (χ2n) is 0.992. The molecule has 0 radical (unpaired) electrons. The lowest BCUT2D eigenvalue weighted by molar-refractivity contribution is 0.565. The molecule has 0 saturated heterocycles. The zero-order valence-electron chi connectivity index (χ0n) is 3.09. The van der Waals surface area contributed by atoms with Gasteiger partial charge in [-0.3, -0.25) is 0 Å². The van der Waals surface area contributed by atoms with Crippen molar-refractivity contribution >= 4 is 5.94 Å². The summed E-state index contributed by atoms with van der Waals surface area (Å²) in [6, 6.07) is 0. The van der Waals surface area contributed by atoms with Gasteiger partial charge in [0, 0.05) is 12.4 Å². The predicted molar refractivity (Wildman–Crippen MR) is 21.2 cm³/mol. The Morgan fingerprint density at radius 3 is 2.50 bits per heavy atom. The van der Waals surface area contributed by atoms with Crippen molar-refractivity contribution in [3.63, 3.8) is 0 Å². The summed E-state index contributed by atoms with van der Waals surface area (Å²) in [5.74, 6) is 1.62. The topological polar surface area (TPSA) is 20.1 Å². The van der Waals surface area contributed by atoms with Crippen molar-refractivity contribution in [1.29, 1.82) is 0 Å². The van der Waals surface area contributed by atoms with Crippen molar-refractivity contribution in [2.75, 3.05) is 0 Å². The monoisotopic (exact) mass is 81.0 g/mol. The van der Waals surface area contributed by atoms with Gasteiger partial charge < -0.3 is 4.90 Å². The molecule has 1 heterocycles. The number of carbonyl (C=O) groups excluding carboxylic acids is 1. The molecule has 2 nitrogen and oxygen atoms in total. The van der Waals surface area contributed by atoms with Gasteiger partial charge in [0.2, 0.25) is 0 Å². The Hall–Kier alpha value is -1.01. The molecule has 0 N–H and O–H groups in total. The minimum absolute atomic E-state index is 1.32. The molecule has 1 rings (SSSR count). The van der Waals surface area contributed by atoms with Gasteiger partial charge in [0.05, 0.1) is 6.20 Å². The molecule has 0 atom stereocenters. The fourth-order valence-corrected chi connectivity index (χ4v) is 0.185. The van der Waals surface area contributed by atoms with Crippen LogP contribution in [-0.2, 0) is 4.79 Å². The Kier molecular flexibility index (Phi) is 0.529. The molecule has 0 aliphatic carbocycles. The first-order chi connectivity index (χ1) is 2.93. The smallest absolute Gasteiger partial charge is 0.142 e. The van der Waals surface area contributed by atoms with Gasteiger partial charge in [0.15, 0.2) is 0 Å². The van der Waals surface area contributed by atoms with E-state index in [1.807, 2.05) is 0 Å². The maximum atomic E-state index is 9.39. The van der Waals surface area contributed by atoms with Gasteiger partial charge >= 0.3 is 0 Å². The highest BCUT2D eigenvalue weighted by molar-refractivity contribution is 5.46. The summed E-state index contributed by atoms with van der Waals surface area (Å²) in [7, 11) is 0. The van der Waals surface area contributed by atoms with Gasteiger partial charge in [0.1, 0.15) is 5.94 Å². The Labute approximate surface area is 35.4 Å². The highest BCUT2D eigenvalue weighted by Gasteiger charge is 1.96. The number of rotatable bonds is 1. The molecule has 0 aromatic carbocycles. The van der Waals surface area contributed by atoms with E-state index in [2.05, 4.69) is 0 Å². The zero-order chi connectivity index (χ0) is 4.41. The molecule has 0 bridgehead atoms. The Morgan fingerprint density at radius 2 is 2.33 bits per heavy atom. The highest BCUT2D eigenvalue weighted by atomic mass is 16.1. The van der Waals surface area contributed by atoms with E-state index in [0.717, 1.165) is 0 Å². The Bertz CT molecular complexity index is 116. The summed E-state index contributed by atoms with van der Waals surface area (Å²) in [4.78, 5) is 11.0. The van der Waals surface area contributed by atoms with Gasteiger partial charge in [-0.25, -0.2) is 4.79 Å². The van der Waals surface area contributed by atoms with E-state index in [-0.39, 0.29) is 0 Å². The van der Waals surface area contributed by atoms with Crippen molar-refractivity contribution in [3.05, 3.63) is 18.6 Å². The lowest BCUT2D eigenvalue weighted by atomic mass is 11.0. The number of hydrogen-bond donors (Lipinski definition) is 0. The van der Waals surface area contributed by atoms with Gasteiger partial charge in [-0.1, -0.05) is 0 Å². The first kappa shape index (κ1) is 3.19. The Morgan fingerprint density at radius 1 is 1.67 bits per heavy atom. The normalized spacial score (nSPS) is 13.7. The molecule has 0 aromatic rings. The van der Waals surface area contributed by atoms with Gasteiger partial charge in [-0.2, -0.15) is 0 Å². The van der Waals surface area contributed by atoms with Crippen LogP contribution in [0.4, 0.5) is 0 Å². The minimum Gasteiger partial charge on any atom is -0.318 e. The molecule has 1 aliphatic rings. The van der Waals surface area contributed by atoms with Gasteiger partial charge in [-0.05, 0) is 0 Å². The Balaban J connectivity index is 2.36. The van der Waals surface area contributed by atoms with E-state index in [1.54, 1.807) is 23.2 Å². The second kappa shape index (κ2) is 0.994. The molecular weight excluding hydrogens is 78.0 g/mol. The fraction of sp³-hybridized carbons (Fsp3) is 0. The maximum absolute atomic E-state index is 9.39. The molecule has 0 unspecified atom stereocenters. The molecular formula is C4H3NO. The van der Waals surface area contributed by atoms with Crippen LogP contribution < -0.4 is 0 Å². The van der Waals surface area contributed by atoms with Gasteiger partial charge in [-0.15, -0.1) is 0 Å². The van der Waals surface area contributed by atoms with E-state index in [4.69, 9.17) is 0 Å². The molecule has 0 aromatic heterocycles. The van der Waals surface area contributed by atoms with E-state index in [0.29, 0.717) is 0 Å².